The van der Waals surface area contributed by atoms with Gasteiger partial charge in [-0.1, -0.05) is 0 Å². The maximum atomic E-state index is 11.1. The molecule has 2 aliphatic heterocycles. The number of hydrogen-bond acceptors (Lipinski definition) is 6. The predicted octanol–water partition coefficient (Wildman–Crippen LogP) is 2.80. The lowest BCUT2D eigenvalue weighted by Gasteiger charge is -2.15. The fourth-order valence-corrected chi connectivity index (χ4v) is 1.19. The largest absolute Gasteiger partial charge is 0.469 e. The SMILES string of the molecule is CC(C)(C)C(=O)OCC1CO1.COC(=O)C(C)(C)C.ClCC1CO1. The van der Waals surface area contributed by atoms with E-state index in [1.54, 1.807) is 0 Å². The van der Waals surface area contributed by atoms with Crippen molar-refractivity contribution in [3.63, 3.8) is 0 Å². The highest BCUT2D eigenvalue weighted by molar-refractivity contribution is 6.18. The van der Waals surface area contributed by atoms with Crippen LogP contribution in [0.15, 0.2) is 0 Å². The minimum Gasteiger partial charge on any atom is -0.469 e. The molecule has 2 saturated heterocycles. The van der Waals surface area contributed by atoms with Crippen LogP contribution in [0.4, 0.5) is 0 Å². The summed E-state index contributed by atoms with van der Waals surface area (Å²) in [6.45, 7) is 13.0. The van der Waals surface area contributed by atoms with Crippen molar-refractivity contribution >= 4 is 23.5 Å². The Labute approximate surface area is 150 Å². The Balaban J connectivity index is 0.000000356. The predicted molar refractivity (Wildman–Crippen MR) is 92.1 cm³/mol. The van der Waals surface area contributed by atoms with E-state index in [9.17, 15) is 9.59 Å². The van der Waals surface area contributed by atoms with Crippen LogP contribution in [-0.4, -0.2) is 57.0 Å². The maximum Gasteiger partial charge on any atom is 0.311 e. The van der Waals surface area contributed by atoms with Crippen LogP contribution in [0.2, 0.25) is 0 Å². The van der Waals surface area contributed by atoms with E-state index in [2.05, 4.69) is 4.74 Å². The summed E-state index contributed by atoms with van der Waals surface area (Å²) < 4.78 is 19.1. The number of alkyl halides is 1. The summed E-state index contributed by atoms with van der Waals surface area (Å²) in [5, 5.41) is 0. The standard InChI is InChI=1S/C8H14O3.C6H12O2.C3H5ClO/c1-8(2,3)7(9)11-5-6-4-10-6;1-6(2,3)5(7)8-4;4-1-3-2-5-3/h6H,4-5H2,1-3H3;1-4H3;3H,1-2H2. The number of halogens is 1. The topological polar surface area (TPSA) is 77.7 Å². The van der Waals surface area contributed by atoms with E-state index in [0.29, 0.717) is 18.6 Å². The zero-order valence-corrected chi connectivity index (χ0v) is 16.6. The lowest BCUT2D eigenvalue weighted by molar-refractivity contribution is -0.153. The molecule has 2 fully saturated rings. The zero-order chi connectivity index (χ0) is 19.0. The first-order valence-corrected chi connectivity index (χ1v) is 8.50. The Hall–Kier alpha value is -0.850. The van der Waals surface area contributed by atoms with Gasteiger partial charge in [0.15, 0.2) is 0 Å². The van der Waals surface area contributed by atoms with E-state index < -0.39 is 5.41 Å². The fraction of sp³-hybridized carbons (Fsp3) is 0.882. The molecule has 0 amide bonds. The summed E-state index contributed by atoms with van der Waals surface area (Å²) in [5.41, 5.74) is -0.746. The molecule has 0 N–H and O–H groups in total. The van der Waals surface area contributed by atoms with Gasteiger partial charge in [0, 0.05) is 0 Å². The van der Waals surface area contributed by atoms with E-state index >= 15 is 0 Å². The number of epoxide rings is 2. The molecule has 2 aliphatic rings. The smallest absolute Gasteiger partial charge is 0.311 e. The van der Waals surface area contributed by atoms with E-state index in [1.807, 2.05) is 41.5 Å². The second-order valence-electron chi connectivity index (χ2n) is 7.66. The number of hydrogen-bond donors (Lipinski definition) is 0. The molecular formula is C17H31ClO6. The van der Waals surface area contributed by atoms with Crippen LogP contribution < -0.4 is 0 Å². The summed E-state index contributed by atoms with van der Waals surface area (Å²) >= 11 is 5.27. The Morgan fingerprint density at radius 3 is 1.54 bits per heavy atom. The molecule has 6 nitrogen and oxygen atoms in total. The molecule has 0 aromatic heterocycles. The number of rotatable bonds is 3. The molecule has 142 valence electrons. The number of esters is 2. The summed E-state index contributed by atoms with van der Waals surface area (Å²) in [5.74, 6) is 0.338. The lowest BCUT2D eigenvalue weighted by atomic mass is 9.97. The van der Waals surface area contributed by atoms with Gasteiger partial charge < -0.3 is 18.9 Å². The van der Waals surface area contributed by atoms with Gasteiger partial charge in [-0.2, -0.15) is 0 Å². The molecular weight excluding hydrogens is 336 g/mol. The fourth-order valence-electron chi connectivity index (χ4n) is 1.01. The van der Waals surface area contributed by atoms with Crippen LogP contribution in [0, 0.1) is 10.8 Å². The quantitative estimate of drug-likeness (QED) is 0.434. The van der Waals surface area contributed by atoms with Crippen molar-refractivity contribution in [3.8, 4) is 0 Å². The molecule has 0 aromatic rings. The first-order chi connectivity index (χ1) is 10.9. The molecule has 0 bridgehead atoms. The van der Waals surface area contributed by atoms with Crippen molar-refractivity contribution in [2.45, 2.75) is 53.8 Å². The Morgan fingerprint density at radius 2 is 1.38 bits per heavy atom. The van der Waals surface area contributed by atoms with Gasteiger partial charge in [-0.15, -0.1) is 11.6 Å². The molecule has 0 radical (unpaired) electrons. The van der Waals surface area contributed by atoms with Crippen LogP contribution in [-0.2, 0) is 28.5 Å². The monoisotopic (exact) mass is 366 g/mol. The van der Waals surface area contributed by atoms with Gasteiger partial charge >= 0.3 is 11.9 Å². The first-order valence-electron chi connectivity index (χ1n) is 7.96. The van der Waals surface area contributed by atoms with E-state index in [4.69, 9.17) is 25.8 Å². The van der Waals surface area contributed by atoms with E-state index in [-0.39, 0.29) is 23.5 Å². The average Bonchev–Trinajstić information content (AvgIpc) is 3.37. The molecule has 2 rings (SSSR count). The highest BCUT2D eigenvalue weighted by Crippen LogP contribution is 2.17. The highest BCUT2D eigenvalue weighted by atomic mass is 35.5. The van der Waals surface area contributed by atoms with Crippen LogP contribution in [0.1, 0.15) is 41.5 Å². The Morgan fingerprint density at radius 1 is 0.958 bits per heavy atom. The lowest BCUT2D eigenvalue weighted by Crippen LogP contribution is -2.24. The molecule has 0 aliphatic carbocycles. The van der Waals surface area contributed by atoms with Gasteiger partial charge in [0.1, 0.15) is 12.7 Å². The van der Waals surface area contributed by atoms with Crippen molar-refractivity contribution in [2.75, 3.05) is 32.8 Å². The highest BCUT2D eigenvalue weighted by Gasteiger charge is 2.28. The van der Waals surface area contributed by atoms with Gasteiger partial charge in [0.25, 0.3) is 0 Å². The summed E-state index contributed by atoms with van der Waals surface area (Å²) in [4.78, 5) is 21.7. The van der Waals surface area contributed by atoms with Gasteiger partial charge in [-0.05, 0) is 41.5 Å². The van der Waals surface area contributed by atoms with Crippen molar-refractivity contribution < 1.29 is 28.5 Å². The third-order valence-electron chi connectivity index (χ3n) is 2.79. The minimum atomic E-state index is -0.394. The first kappa shape index (κ1) is 23.1. The van der Waals surface area contributed by atoms with Gasteiger partial charge in [-0.25, -0.2) is 0 Å². The zero-order valence-electron chi connectivity index (χ0n) is 15.8. The van der Waals surface area contributed by atoms with Crippen LogP contribution in [0.5, 0.6) is 0 Å². The Bertz CT molecular complexity index is 389. The third-order valence-corrected chi connectivity index (χ3v) is 3.13. The van der Waals surface area contributed by atoms with Gasteiger partial charge in [0.2, 0.25) is 0 Å². The van der Waals surface area contributed by atoms with Crippen LogP contribution in [0.3, 0.4) is 0 Å². The number of carbonyl (C=O) groups is 2. The minimum absolute atomic E-state index is 0.159. The number of carbonyl (C=O) groups excluding carboxylic acids is 2. The van der Waals surface area contributed by atoms with E-state index in [0.717, 1.165) is 13.2 Å². The number of methoxy groups -OCH3 is 1. The molecule has 2 atom stereocenters. The summed E-state index contributed by atoms with van der Waals surface area (Å²) in [7, 11) is 1.40. The maximum absolute atomic E-state index is 11.1. The second-order valence-corrected chi connectivity index (χ2v) is 7.96. The molecule has 2 unspecified atom stereocenters. The van der Waals surface area contributed by atoms with Crippen molar-refractivity contribution in [1.29, 1.82) is 0 Å². The number of ether oxygens (including phenoxy) is 4. The van der Waals surface area contributed by atoms with Gasteiger partial charge in [-0.3, -0.25) is 9.59 Å². The van der Waals surface area contributed by atoms with E-state index in [1.165, 1.54) is 7.11 Å². The normalized spacial score (nSPS) is 21.3. The van der Waals surface area contributed by atoms with Crippen molar-refractivity contribution in [2.24, 2.45) is 10.8 Å². The molecule has 0 spiro atoms. The Kier molecular flexibility index (Phi) is 9.85. The van der Waals surface area contributed by atoms with Crippen molar-refractivity contribution in [1.82, 2.24) is 0 Å². The second kappa shape index (κ2) is 10.2. The summed E-state index contributed by atoms with van der Waals surface area (Å²) in [6, 6.07) is 0. The van der Waals surface area contributed by atoms with Crippen LogP contribution in [0.25, 0.3) is 0 Å². The van der Waals surface area contributed by atoms with Gasteiger partial charge in [0.05, 0.1) is 43.1 Å². The van der Waals surface area contributed by atoms with Crippen LogP contribution >= 0.6 is 11.6 Å². The van der Waals surface area contributed by atoms with Crippen molar-refractivity contribution in [3.05, 3.63) is 0 Å². The summed E-state index contributed by atoms with van der Waals surface area (Å²) in [6.07, 6.45) is 0.568. The molecule has 0 aromatic carbocycles. The molecule has 2 heterocycles. The third kappa shape index (κ3) is 12.6. The molecule has 7 heteroatoms. The molecule has 24 heavy (non-hydrogen) atoms. The molecule has 0 saturated carbocycles. The average molecular weight is 367 g/mol.